The van der Waals surface area contributed by atoms with Gasteiger partial charge in [-0.3, -0.25) is 9.78 Å². The van der Waals surface area contributed by atoms with Crippen molar-refractivity contribution in [2.45, 2.75) is 69.4 Å². The molecule has 2 heterocycles. The number of aromatic nitrogens is 1. The molecule has 0 radical (unpaired) electrons. The summed E-state index contributed by atoms with van der Waals surface area (Å²) in [5.41, 5.74) is 0.489. The molecule has 1 aliphatic carbocycles. The van der Waals surface area contributed by atoms with Gasteiger partial charge in [0.05, 0.1) is 30.3 Å². The number of morpholine rings is 1. The van der Waals surface area contributed by atoms with Crippen molar-refractivity contribution in [1.29, 1.82) is 0 Å². The summed E-state index contributed by atoms with van der Waals surface area (Å²) in [6.07, 6.45) is 3.82. The molecule has 200 valence electrons. The highest BCUT2D eigenvalue weighted by Gasteiger charge is 2.51. The number of methoxy groups -OCH3 is 1. The molecule has 2 aliphatic rings. The topological polar surface area (TPSA) is 68.7 Å². The van der Waals surface area contributed by atoms with Gasteiger partial charge in [-0.05, 0) is 55.5 Å². The SMILES string of the molecule is COC(=O)c1ccc(C[C@@]2(C)OC[C@@H](c3ccc(Cl)c(F)c3)N(C(CSC(C)(C)C)C3CC3)C2=O)nc1. The Morgan fingerprint density at radius 2 is 2.05 bits per heavy atom. The molecule has 1 unspecified atom stereocenters. The van der Waals surface area contributed by atoms with Crippen LogP contribution >= 0.6 is 23.4 Å². The lowest BCUT2D eigenvalue weighted by atomic mass is 9.90. The minimum absolute atomic E-state index is 0.00153. The van der Waals surface area contributed by atoms with Crippen molar-refractivity contribution in [3.63, 3.8) is 0 Å². The molecule has 1 aromatic heterocycles. The van der Waals surface area contributed by atoms with Gasteiger partial charge in [-0.1, -0.05) is 38.4 Å². The van der Waals surface area contributed by atoms with Gasteiger partial charge in [0.1, 0.15) is 11.4 Å². The molecule has 3 atom stereocenters. The molecule has 1 amide bonds. The minimum atomic E-state index is -1.15. The van der Waals surface area contributed by atoms with Crippen molar-refractivity contribution in [3.8, 4) is 0 Å². The number of hydrogen-bond acceptors (Lipinski definition) is 6. The second kappa shape index (κ2) is 10.9. The van der Waals surface area contributed by atoms with Crippen LogP contribution in [0.15, 0.2) is 36.5 Å². The Morgan fingerprint density at radius 3 is 2.62 bits per heavy atom. The predicted octanol–water partition coefficient (Wildman–Crippen LogP) is 5.87. The van der Waals surface area contributed by atoms with Crippen molar-refractivity contribution in [3.05, 3.63) is 64.2 Å². The zero-order chi connectivity index (χ0) is 27.0. The monoisotopic (exact) mass is 548 g/mol. The normalized spacial score (nSPS) is 23.2. The zero-order valence-electron chi connectivity index (χ0n) is 21.9. The standard InChI is InChI=1S/C28H34ClFN2O4S/c1-27(2,3)37-16-24(17-6-7-17)32-23(18-9-11-21(29)22(30)12-18)15-36-28(4,26(32)34)13-20-10-8-19(14-31-20)25(33)35-5/h8-12,14,17,23-24H,6-7,13,15-16H2,1-5H3/t23-,24?,28+/m0/s1. The first-order chi connectivity index (χ1) is 17.4. The van der Waals surface area contributed by atoms with E-state index in [4.69, 9.17) is 21.1 Å². The van der Waals surface area contributed by atoms with E-state index in [1.165, 1.54) is 25.4 Å². The van der Waals surface area contributed by atoms with Gasteiger partial charge >= 0.3 is 5.97 Å². The molecule has 1 aliphatic heterocycles. The number of rotatable bonds is 8. The molecule has 2 fully saturated rings. The molecule has 4 rings (SSSR count). The van der Waals surface area contributed by atoms with Crippen molar-refractivity contribution >= 4 is 35.2 Å². The predicted molar refractivity (Wildman–Crippen MR) is 143 cm³/mol. The summed E-state index contributed by atoms with van der Waals surface area (Å²) >= 11 is 7.79. The van der Waals surface area contributed by atoms with E-state index in [2.05, 4.69) is 25.8 Å². The second-order valence-corrected chi connectivity index (χ2v) is 13.2. The Kier molecular flexibility index (Phi) is 8.22. The highest BCUT2D eigenvalue weighted by molar-refractivity contribution is 8.00. The van der Waals surface area contributed by atoms with Crippen molar-refractivity contribution < 1.29 is 23.5 Å². The van der Waals surface area contributed by atoms with Crippen LogP contribution in [0.3, 0.4) is 0 Å². The van der Waals surface area contributed by atoms with E-state index < -0.39 is 23.4 Å². The summed E-state index contributed by atoms with van der Waals surface area (Å²) in [4.78, 5) is 32.4. The molecule has 0 N–H and O–H groups in total. The Hall–Kier alpha value is -2.16. The smallest absolute Gasteiger partial charge is 0.339 e. The molecule has 1 saturated heterocycles. The maximum Gasteiger partial charge on any atom is 0.339 e. The van der Waals surface area contributed by atoms with E-state index in [9.17, 15) is 14.0 Å². The summed E-state index contributed by atoms with van der Waals surface area (Å²) < 4.78 is 25.5. The lowest BCUT2D eigenvalue weighted by Gasteiger charge is -2.48. The summed E-state index contributed by atoms with van der Waals surface area (Å²) in [6, 6.07) is 7.64. The largest absolute Gasteiger partial charge is 0.465 e. The highest BCUT2D eigenvalue weighted by Crippen LogP contribution is 2.45. The van der Waals surface area contributed by atoms with Crippen LogP contribution in [-0.2, 0) is 20.7 Å². The third-order valence-electron chi connectivity index (χ3n) is 6.89. The number of benzene rings is 1. The lowest BCUT2D eigenvalue weighted by molar-refractivity contribution is -0.182. The fourth-order valence-corrected chi connectivity index (χ4v) is 5.90. The van der Waals surface area contributed by atoms with Crippen LogP contribution in [0.1, 0.15) is 68.2 Å². The number of carbonyl (C=O) groups is 2. The first-order valence-corrected chi connectivity index (χ1v) is 13.9. The molecular weight excluding hydrogens is 515 g/mol. The second-order valence-electron chi connectivity index (χ2n) is 11.0. The van der Waals surface area contributed by atoms with Gasteiger partial charge in [-0.2, -0.15) is 11.8 Å². The zero-order valence-corrected chi connectivity index (χ0v) is 23.5. The van der Waals surface area contributed by atoms with Gasteiger partial charge in [-0.15, -0.1) is 0 Å². The van der Waals surface area contributed by atoms with Crippen LogP contribution in [0.4, 0.5) is 4.39 Å². The molecule has 0 spiro atoms. The van der Waals surface area contributed by atoms with Crippen LogP contribution in [0.5, 0.6) is 0 Å². The van der Waals surface area contributed by atoms with E-state index in [0.717, 1.165) is 18.6 Å². The number of thioether (sulfide) groups is 1. The molecule has 6 nitrogen and oxygen atoms in total. The number of hydrogen-bond donors (Lipinski definition) is 0. The number of pyridine rings is 1. The first kappa shape index (κ1) is 27.9. The molecular formula is C28H34ClFN2O4S. The van der Waals surface area contributed by atoms with Gasteiger partial charge in [0.25, 0.3) is 5.91 Å². The minimum Gasteiger partial charge on any atom is -0.465 e. The Balaban J connectivity index is 1.66. The average Bonchev–Trinajstić information content (AvgIpc) is 3.68. The van der Waals surface area contributed by atoms with E-state index in [1.807, 2.05) is 16.7 Å². The number of halogens is 2. The average molecular weight is 549 g/mol. The van der Waals surface area contributed by atoms with Crippen LogP contribution in [0.2, 0.25) is 5.02 Å². The van der Waals surface area contributed by atoms with Gasteiger partial charge < -0.3 is 14.4 Å². The fourth-order valence-electron chi connectivity index (χ4n) is 4.68. The van der Waals surface area contributed by atoms with Gasteiger partial charge in [-0.25, -0.2) is 9.18 Å². The van der Waals surface area contributed by atoms with Crippen LogP contribution in [0, 0.1) is 11.7 Å². The first-order valence-electron chi connectivity index (χ1n) is 12.5. The number of ether oxygens (including phenoxy) is 2. The Bertz CT molecular complexity index is 1150. The molecule has 0 bridgehead atoms. The van der Waals surface area contributed by atoms with Crippen molar-refractivity contribution in [2.24, 2.45) is 5.92 Å². The summed E-state index contributed by atoms with van der Waals surface area (Å²) in [7, 11) is 1.32. The highest BCUT2D eigenvalue weighted by atomic mass is 35.5. The van der Waals surface area contributed by atoms with E-state index >= 15 is 0 Å². The van der Waals surface area contributed by atoms with Crippen LogP contribution in [0.25, 0.3) is 0 Å². The molecule has 1 saturated carbocycles. The maximum absolute atomic E-state index is 14.5. The Morgan fingerprint density at radius 1 is 1.32 bits per heavy atom. The van der Waals surface area contributed by atoms with Crippen molar-refractivity contribution in [1.82, 2.24) is 9.88 Å². The number of amides is 1. The Labute approximate surface area is 227 Å². The lowest BCUT2D eigenvalue weighted by Crippen LogP contribution is -2.61. The van der Waals surface area contributed by atoms with Crippen LogP contribution in [-0.4, -0.2) is 57.6 Å². The van der Waals surface area contributed by atoms with Gasteiger partial charge in [0.15, 0.2) is 0 Å². The quantitative estimate of drug-likeness (QED) is 0.384. The van der Waals surface area contributed by atoms with Crippen LogP contribution < -0.4 is 0 Å². The van der Waals surface area contributed by atoms with E-state index in [0.29, 0.717) is 22.7 Å². The maximum atomic E-state index is 14.5. The van der Waals surface area contributed by atoms with Gasteiger partial charge in [0, 0.05) is 34.9 Å². The third-order valence-corrected chi connectivity index (χ3v) is 8.57. The molecule has 2 aromatic rings. The van der Waals surface area contributed by atoms with Crippen molar-refractivity contribution in [2.75, 3.05) is 19.5 Å². The number of esters is 1. The summed E-state index contributed by atoms with van der Waals surface area (Å²) in [5.74, 6) is 0.0711. The summed E-state index contributed by atoms with van der Waals surface area (Å²) in [5, 5.41) is 0.0479. The number of carbonyl (C=O) groups excluding carboxylic acids is 2. The van der Waals surface area contributed by atoms with E-state index in [-0.39, 0.29) is 34.7 Å². The molecule has 37 heavy (non-hydrogen) atoms. The third kappa shape index (κ3) is 6.47. The number of nitrogens with zero attached hydrogens (tertiary/aromatic N) is 2. The molecule has 1 aromatic carbocycles. The fraction of sp³-hybridized carbons (Fsp3) is 0.536. The summed E-state index contributed by atoms with van der Waals surface area (Å²) in [6.45, 7) is 8.53. The molecule has 9 heteroatoms. The van der Waals surface area contributed by atoms with Gasteiger partial charge in [0.2, 0.25) is 0 Å². The van der Waals surface area contributed by atoms with E-state index in [1.54, 1.807) is 25.1 Å².